The Labute approximate surface area is 140 Å². The van der Waals surface area contributed by atoms with E-state index >= 15 is 0 Å². The standard InChI is InChI=1S/C19H21NO4/c1-13(17-11-15-9-5-6-10-16(15)24-17)20-18(21)12-23-19(22)14-7-3-2-4-8-14/h2-3,5-6,9-11,13-14H,4,7-8,12H2,1H3,(H,20,21)/t13-,14-/m0/s1. The number of nitrogens with one attached hydrogen (secondary N) is 1. The molecule has 0 spiro atoms. The number of ether oxygens (including phenoxy) is 1. The summed E-state index contributed by atoms with van der Waals surface area (Å²) < 4.78 is 10.8. The van der Waals surface area contributed by atoms with Crippen molar-refractivity contribution in [2.24, 2.45) is 5.92 Å². The van der Waals surface area contributed by atoms with Crippen molar-refractivity contribution in [3.63, 3.8) is 0 Å². The van der Waals surface area contributed by atoms with Gasteiger partial charge in [-0.2, -0.15) is 0 Å². The molecule has 0 fully saturated rings. The van der Waals surface area contributed by atoms with Crippen LogP contribution in [0.2, 0.25) is 0 Å². The lowest BCUT2D eigenvalue weighted by Gasteiger charge is -2.17. The molecule has 2 aromatic rings. The smallest absolute Gasteiger partial charge is 0.309 e. The zero-order chi connectivity index (χ0) is 16.9. The second kappa shape index (κ2) is 7.34. The van der Waals surface area contributed by atoms with Crippen LogP contribution in [0, 0.1) is 5.92 Å². The summed E-state index contributed by atoms with van der Waals surface area (Å²) in [6.45, 7) is 1.58. The third kappa shape index (κ3) is 3.85. The van der Waals surface area contributed by atoms with Crippen LogP contribution in [-0.4, -0.2) is 18.5 Å². The molecular weight excluding hydrogens is 306 g/mol. The third-order valence-corrected chi connectivity index (χ3v) is 4.20. The van der Waals surface area contributed by atoms with Gasteiger partial charge in [0, 0.05) is 5.39 Å². The van der Waals surface area contributed by atoms with Gasteiger partial charge in [0.25, 0.3) is 5.91 Å². The molecule has 0 radical (unpaired) electrons. The fraction of sp³-hybridized carbons (Fsp3) is 0.368. The minimum atomic E-state index is -0.331. The zero-order valence-corrected chi connectivity index (χ0v) is 13.7. The molecule has 0 bridgehead atoms. The Morgan fingerprint density at radius 3 is 2.92 bits per heavy atom. The number of para-hydroxylation sites is 1. The lowest BCUT2D eigenvalue weighted by molar-refractivity contribution is -0.153. The number of rotatable bonds is 5. The maximum atomic E-state index is 12.0. The molecule has 126 valence electrons. The number of amides is 1. The molecule has 1 N–H and O–H groups in total. The summed E-state index contributed by atoms with van der Waals surface area (Å²) in [6, 6.07) is 9.29. The van der Waals surface area contributed by atoms with E-state index < -0.39 is 0 Å². The highest BCUT2D eigenvalue weighted by molar-refractivity contribution is 5.82. The normalized spacial score (nSPS) is 18.3. The monoisotopic (exact) mass is 327 g/mol. The van der Waals surface area contributed by atoms with Gasteiger partial charge >= 0.3 is 5.97 Å². The maximum Gasteiger partial charge on any atom is 0.309 e. The van der Waals surface area contributed by atoms with Crippen molar-refractivity contribution in [3.05, 3.63) is 48.2 Å². The summed E-state index contributed by atoms with van der Waals surface area (Å²) in [5.74, 6) is -0.0857. The summed E-state index contributed by atoms with van der Waals surface area (Å²) in [4.78, 5) is 23.9. The number of carbonyl (C=O) groups is 2. The topological polar surface area (TPSA) is 68.5 Å². The van der Waals surface area contributed by atoms with Gasteiger partial charge in [-0.15, -0.1) is 0 Å². The van der Waals surface area contributed by atoms with Crippen LogP contribution in [0.4, 0.5) is 0 Å². The van der Waals surface area contributed by atoms with E-state index in [1.54, 1.807) is 0 Å². The highest BCUT2D eigenvalue weighted by atomic mass is 16.5. The number of fused-ring (bicyclic) bond motifs is 1. The summed E-state index contributed by atoms with van der Waals surface area (Å²) in [7, 11) is 0. The van der Waals surface area contributed by atoms with Gasteiger partial charge < -0.3 is 14.5 Å². The second-order valence-corrected chi connectivity index (χ2v) is 6.06. The number of hydrogen-bond donors (Lipinski definition) is 1. The number of esters is 1. The predicted octanol–water partition coefficient (Wildman–Crippen LogP) is 3.51. The summed E-state index contributed by atoms with van der Waals surface area (Å²) >= 11 is 0. The molecule has 1 aromatic carbocycles. The van der Waals surface area contributed by atoms with Crippen LogP contribution in [-0.2, 0) is 14.3 Å². The summed E-state index contributed by atoms with van der Waals surface area (Å²) in [6.07, 6.45) is 6.40. The Hall–Kier alpha value is -2.56. The first-order valence-electron chi connectivity index (χ1n) is 8.23. The molecule has 1 aliphatic carbocycles. The quantitative estimate of drug-likeness (QED) is 0.674. The molecule has 24 heavy (non-hydrogen) atoms. The fourth-order valence-electron chi connectivity index (χ4n) is 2.83. The lowest BCUT2D eigenvalue weighted by Crippen LogP contribution is -2.32. The first-order chi connectivity index (χ1) is 11.6. The van der Waals surface area contributed by atoms with E-state index in [-0.39, 0.29) is 30.4 Å². The highest BCUT2D eigenvalue weighted by Crippen LogP contribution is 2.23. The Bertz CT molecular complexity index is 729. The van der Waals surface area contributed by atoms with Crippen LogP contribution in [0.3, 0.4) is 0 Å². The van der Waals surface area contributed by atoms with Gasteiger partial charge in [0.05, 0.1) is 12.0 Å². The van der Waals surface area contributed by atoms with Crippen molar-refractivity contribution in [3.8, 4) is 0 Å². The van der Waals surface area contributed by atoms with E-state index in [1.807, 2.05) is 43.3 Å². The van der Waals surface area contributed by atoms with Crippen molar-refractivity contribution in [1.82, 2.24) is 5.32 Å². The van der Waals surface area contributed by atoms with Crippen molar-refractivity contribution >= 4 is 22.8 Å². The fourth-order valence-corrected chi connectivity index (χ4v) is 2.83. The molecule has 1 amide bonds. The SMILES string of the molecule is C[C@H](NC(=O)COC(=O)[C@H]1CC=CCC1)c1cc2ccccc2o1. The predicted molar refractivity (Wildman–Crippen MR) is 90.2 cm³/mol. The third-order valence-electron chi connectivity index (χ3n) is 4.20. The van der Waals surface area contributed by atoms with Crippen LogP contribution in [0.25, 0.3) is 11.0 Å². The number of furan rings is 1. The average Bonchev–Trinajstić information content (AvgIpc) is 3.05. The largest absolute Gasteiger partial charge is 0.459 e. The van der Waals surface area contributed by atoms with Crippen LogP contribution in [0.5, 0.6) is 0 Å². The van der Waals surface area contributed by atoms with E-state index in [2.05, 4.69) is 11.4 Å². The Morgan fingerprint density at radius 1 is 1.33 bits per heavy atom. The minimum Gasteiger partial charge on any atom is -0.459 e. The number of benzene rings is 1. The molecule has 0 saturated heterocycles. The molecule has 5 nitrogen and oxygen atoms in total. The van der Waals surface area contributed by atoms with Gasteiger partial charge in [-0.25, -0.2) is 0 Å². The Balaban J connectivity index is 1.50. The van der Waals surface area contributed by atoms with E-state index in [0.717, 1.165) is 23.8 Å². The van der Waals surface area contributed by atoms with E-state index in [1.165, 1.54) is 0 Å². The molecule has 0 saturated carbocycles. The van der Waals surface area contributed by atoms with Gasteiger partial charge in [-0.05, 0) is 38.3 Å². The van der Waals surface area contributed by atoms with Crippen molar-refractivity contribution in [2.45, 2.75) is 32.2 Å². The van der Waals surface area contributed by atoms with E-state index in [4.69, 9.17) is 9.15 Å². The van der Waals surface area contributed by atoms with Crippen LogP contribution >= 0.6 is 0 Å². The van der Waals surface area contributed by atoms with Crippen LogP contribution in [0.15, 0.2) is 46.9 Å². The first kappa shape index (κ1) is 16.3. The molecule has 0 aliphatic heterocycles. The van der Waals surface area contributed by atoms with Gasteiger partial charge in [0.1, 0.15) is 11.3 Å². The summed E-state index contributed by atoms with van der Waals surface area (Å²) in [5, 5.41) is 3.78. The van der Waals surface area contributed by atoms with Gasteiger partial charge in [0.15, 0.2) is 6.61 Å². The first-order valence-corrected chi connectivity index (χ1v) is 8.23. The van der Waals surface area contributed by atoms with Crippen molar-refractivity contribution < 1.29 is 18.7 Å². The molecule has 3 rings (SSSR count). The minimum absolute atomic E-state index is 0.129. The molecular formula is C19H21NO4. The number of allylic oxidation sites excluding steroid dienone is 2. The van der Waals surface area contributed by atoms with E-state index in [9.17, 15) is 9.59 Å². The van der Waals surface area contributed by atoms with Gasteiger partial charge in [-0.1, -0.05) is 30.4 Å². The molecule has 5 heteroatoms. The summed E-state index contributed by atoms with van der Waals surface area (Å²) in [5.41, 5.74) is 0.783. The Morgan fingerprint density at radius 2 is 2.17 bits per heavy atom. The highest BCUT2D eigenvalue weighted by Gasteiger charge is 2.21. The van der Waals surface area contributed by atoms with Crippen LogP contribution < -0.4 is 5.32 Å². The zero-order valence-electron chi connectivity index (χ0n) is 13.7. The van der Waals surface area contributed by atoms with Crippen molar-refractivity contribution in [2.75, 3.05) is 6.61 Å². The average molecular weight is 327 g/mol. The molecule has 1 aromatic heterocycles. The maximum absolute atomic E-state index is 12.0. The number of carbonyl (C=O) groups excluding carboxylic acids is 2. The Kier molecular flexibility index (Phi) is 4.99. The molecule has 1 heterocycles. The molecule has 1 aliphatic rings. The lowest BCUT2D eigenvalue weighted by atomic mass is 9.95. The molecule has 0 unspecified atom stereocenters. The number of hydrogen-bond acceptors (Lipinski definition) is 4. The molecule has 2 atom stereocenters. The van der Waals surface area contributed by atoms with E-state index in [0.29, 0.717) is 12.2 Å². The van der Waals surface area contributed by atoms with Gasteiger partial charge in [-0.3, -0.25) is 9.59 Å². The van der Waals surface area contributed by atoms with Crippen molar-refractivity contribution in [1.29, 1.82) is 0 Å². The van der Waals surface area contributed by atoms with Crippen LogP contribution in [0.1, 0.15) is 38.0 Å². The van der Waals surface area contributed by atoms with Gasteiger partial charge in [0.2, 0.25) is 0 Å². The second-order valence-electron chi connectivity index (χ2n) is 6.06.